The second kappa shape index (κ2) is 6.21. The Morgan fingerprint density at radius 2 is 2.00 bits per heavy atom. The maximum Gasteiger partial charge on any atom is 0.302 e. The van der Waals surface area contributed by atoms with Gasteiger partial charge in [0.1, 0.15) is 11.9 Å². The summed E-state index contributed by atoms with van der Waals surface area (Å²) in [6, 6.07) is 0. The number of carbonyl (C=O) groups is 2. The molecule has 0 amide bonds. The van der Waals surface area contributed by atoms with E-state index in [1.807, 2.05) is 0 Å². The number of ether oxygens (including phenoxy) is 1. The summed E-state index contributed by atoms with van der Waals surface area (Å²) < 4.78 is 5.67. The molecule has 3 saturated carbocycles. The molecule has 0 aromatic rings. The molecule has 0 aromatic carbocycles. The molecule has 0 spiro atoms. The second-order valence-electron chi connectivity index (χ2n) is 8.68. The summed E-state index contributed by atoms with van der Waals surface area (Å²) in [5, 5.41) is 0. The third kappa shape index (κ3) is 2.59. The van der Waals surface area contributed by atoms with Crippen molar-refractivity contribution >= 4 is 11.8 Å². The highest BCUT2D eigenvalue weighted by atomic mass is 16.5. The van der Waals surface area contributed by atoms with Gasteiger partial charge in [-0.1, -0.05) is 13.8 Å². The highest BCUT2D eigenvalue weighted by Gasteiger charge is 2.60. The number of Topliss-reactive ketones (excluding diaryl/α,β-unsaturated/α-hetero) is 1. The van der Waals surface area contributed by atoms with Crippen LogP contribution < -0.4 is 0 Å². The van der Waals surface area contributed by atoms with E-state index in [-0.39, 0.29) is 22.9 Å². The summed E-state index contributed by atoms with van der Waals surface area (Å²) in [6.45, 7) is 5.98. The molecule has 24 heavy (non-hydrogen) atoms. The number of esters is 1. The van der Waals surface area contributed by atoms with Gasteiger partial charge >= 0.3 is 5.97 Å². The Morgan fingerprint density at radius 1 is 1.25 bits per heavy atom. The molecule has 0 radical (unpaired) electrons. The zero-order valence-corrected chi connectivity index (χ0v) is 15.3. The molecule has 0 aromatic heterocycles. The van der Waals surface area contributed by atoms with Crippen LogP contribution in [0.4, 0.5) is 0 Å². The predicted octanol–water partition coefficient (Wildman–Crippen LogP) is 4.14. The van der Waals surface area contributed by atoms with E-state index in [0.29, 0.717) is 36.4 Å². The molecule has 0 aliphatic heterocycles. The molecule has 3 heteroatoms. The van der Waals surface area contributed by atoms with Crippen LogP contribution in [0, 0.1) is 40.9 Å². The Kier molecular flexibility index (Phi) is 4.53. The molecule has 0 unspecified atom stereocenters. The van der Waals surface area contributed by atoms with Crippen LogP contribution in [0.2, 0.25) is 0 Å². The summed E-state index contributed by atoms with van der Waals surface area (Å²) in [4.78, 5) is 24.2. The smallest absolute Gasteiger partial charge is 0.302 e. The van der Waals surface area contributed by atoms with Gasteiger partial charge in [0.2, 0.25) is 0 Å². The first-order chi connectivity index (χ1) is 11.3. The number of terminal acetylenes is 1. The van der Waals surface area contributed by atoms with Crippen LogP contribution in [0.1, 0.15) is 72.1 Å². The number of rotatable bonds is 3. The standard InChI is InChI=1S/C21H30O3/c1-5-6-12-20(3)17-11-13-21(4)16(15(17)7-9-18(20)23)8-10-19(21)24-14(2)22/h1,15-17,19H,6-13H2,2-4H3/t15-,16-,17-,19-,20+,21-/m0/s1. The summed E-state index contributed by atoms with van der Waals surface area (Å²) in [5.74, 6) is 4.57. The Morgan fingerprint density at radius 3 is 2.67 bits per heavy atom. The number of hydrogen-bond donors (Lipinski definition) is 0. The lowest BCUT2D eigenvalue weighted by molar-refractivity contribution is -0.160. The molecule has 3 aliphatic carbocycles. The molecule has 6 atom stereocenters. The molecule has 0 bridgehead atoms. The van der Waals surface area contributed by atoms with E-state index in [9.17, 15) is 9.59 Å². The van der Waals surface area contributed by atoms with E-state index < -0.39 is 0 Å². The first-order valence-electron chi connectivity index (χ1n) is 9.47. The Balaban J connectivity index is 1.85. The molecule has 0 saturated heterocycles. The van der Waals surface area contributed by atoms with Crippen LogP contribution in [0.5, 0.6) is 0 Å². The number of hydrogen-bond acceptors (Lipinski definition) is 3. The molecule has 3 aliphatic rings. The largest absolute Gasteiger partial charge is 0.462 e. The predicted molar refractivity (Wildman–Crippen MR) is 93.0 cm³/mol. The van der Waals surface area contributed by atoms with Crippen molar-refractivity contribution in [3.8, 4) is 12.3 Å². The molecular formula is C21H30O3. The fourth-order valence-electron chi connectivity index (χ4n) is 6.27. The number of ketones is 1. The van der Waals surface area contributed by atoms with E-state index in [2.05, 4.69) is 19.8 Å². The fraction of sp³-hybridized carbons (Fsp3) is 0.810. The third-order valence-corrected chi connectivity index (χ3v) is 7.61. The molecule has 3 rings (SSSR count). The average molecular weight is 330 g/mol. The first kappa shape index (κ1) is 17.5. The second-order valence-corrected chi connectivity index (χ2v) is 8.68. The minimum absolute atomic E-state index is 0.0514. The van der Waals surface area contributed by atoms with Gasteiger partial charge in [0.25, 0.3) is 0 Å². The van der Waals surface area contributed by atoms with Crippen molar-refractivity contribution in [1.29, 1.82) is 0 Å². The van der Waals surface area contributed by atoms with Gasteiger partial charge in [-0.2, -0.15) is 0 Å². The SMILES string of the molecule is C#CCC[C@@]1(C)C(=O)CC[C@H]2[C@@H]3CC[C@H](OC(C)=O)[C@@]3(C)CC[C@@H]21. The highest BCUT2D eigenvalue weighted by Crippen LogP contribution is 2.63. The quantitative estimate of drug-likeness (QED) is 0.577. The van der Waals surface area contributed by atoms with E-state index in [1.165, 1.54) is 6.92 Å². The lowest BCUT2D eigenvalue weighted by atomic mass is 9.49. The Hall–Kier alpha value is -1.30. The van der Waals surface area contributed by atoms with Crippen molar-refractivity contribution in [3.05, 3.63) is 0 Å². The monoisotopic (exact) mass is 330 g/mol. The minimum Gasteiger partial charge on any atom is -0.462 e. The van der Waals surface area contributed by atoms with Crippen LogP contribution in [0.25, 0.3) is 0 Å². The van der Waals surface area contributed by atoms with Crippen LogP contribution in [-0.4, -0.2) is 17.9 Å². The van der Waals surface area contributed by atoms with Crippen LogP contribution in [0.3, 0.4) is 0 Å². The summed E-state index contributed by atoms with van der Waals surface area (Å²) in [7, 11) is 0. The maximum absolute atomic E-state index is 12.7. The lowest BCUT2D eigenvalue weighted by Crippen LogP contribution is -2.53. The summed E-state index contributed by atoms with van der Waals surface area (Å²) in [5.41, 5.74) is -0.170. The van der Waals surface area contributed by atoms with Gasteiger partial charge in [0.05, 0.1) is 0 Å². The Labute approximate surface area is 145 Å². The Bertz CT molecular complexity index is 574. The van der Waals surface area contributed by atoms with Crippen molar-refractivity contribution in [2.45, 2.75) is 78.2 Å². The summed E-state index contributed by atoms with van der Waals surface area (Å²) >= 11 is 0. The average Bonchev–Trinajstić information content (AvgIpc) is 2.85. The molecular weight excluding hydrogens is 300 g/mol. The number of fused-ring (bicyclic) bond motifs is 3. The third-order valence-electron chi connectivity index (χ3n) is 7.61. The van der Waals surface area contributed by atoms with Crippen LogP contribution >= 0.6 is 0 Å². The molecule has 3 nitrogen and oxygen atoms in total. The molecule has 0 N–H and O–H groups in total. The topological polar surface area (TPSA) is 43.4 Å². The zero-order valence-electron chi connectivity index (χ0n) is 15.3. The van der Waals surface area contributed by atoms with Crippen molar-refractivity contribution in [2.24, 2.45) is 28.6 Å². The lowest BCUT2D eigenvalue weighted by Gasteiger charge is -2.55. The van der Waals surface area contributed by atoms with Crippen molar-refractivity contribution in [2.75, 3.05) is 0 Å². The van der Waals surface area contributed by atoms with Gasteiger partial charge in [0, 0.05) is 30.6 Å². The fourth-order valence-corrected chi connectivity index (χ4v) is 6.27. The van der Waals surface area contributed by atoms with Crippen LogP contribution in [0.15, 0.2) is 0 Å². The number of carbonyl (C=O) groups excluding carboxylic acids is 2. The van der Waals surface area contributed by atoms with E-state index in [1.54, 1.807) is 0 Å². The van der Waals surface area contributed by atoms with Gasteiger partial charge in [0.15, 0.2) is 0 Å². The van der Waals surface area contributed by atoms with Crippen molar-refractivity contribution < 1.29 is 14.3 Å². The van der Waals surface area contributed by atoms with E-state index in [4.69, 9.17) is 11.2 Å². The van der Waals surface area contributed by atoms with Crippen LogP contribution in [-0.2, 0) is 14.3 Å². The van der Waals surface area contributed by atoms with Crippen molar-refractivity contribution in [3.63, 3.8) is 0 Å². The minimum atomic E-state index is -0.254. The summed E-state index contributed by atoms with van der Waals surface area (Å²) in [6.07, 6.45) is 12.9. The first-order valence-corrected chi connectivity index (χ1v) is 9.47. The zero-order chi connectivity index (χ0) is 17.5. The van der Waals surface area contributed by atoms with E-state index >= 15 is 0 Å². The van der Waals surface area contributed by atoms with Gasteiger partial charge in [-0.3, -0.25) is 9.59 Å². The van der Waals surface area contributed by atoms with Gasteiger partial charge in [-0.05, 0) is 56.3 Å². The van der Waals surface area contributed by atoms with Gasteiger partial charge < -0.3 is 4.74 Å². The van der Waals surface area contributed by atoms with Crippen molar-refractivity contribution in [1.82, 2.24) is 0 Å². The molecule has 0 heterocycles. The normalized spacial score (nSPS) is 44.3. The van der Waals surface area contributed by atoms with E-state index in [0.717, 1.165) is 38.5 Å². The molecule has 132 valence electrons. The molecule has 3 fully saturated rings. The van der Waals surface area contributed by atoms with Gasteiger partial charge in [-0.15, -0.1) is 12.3 Å². The van der Waals surface area contributed by atoms with Gasteiger partial charge in [-0.25, -0.2) is 0 Å². The maximum atomic E-state index is 12.7. The highest BCUT2D eigenvalue weighted by molar-refractivity contribution is 5.85.